The number of nitrogens with zero attached hydrogens (tertiary/aromatic N) is 3. The van der Waals surface area contributed by atoms with Gasteiger partial charge in [-0.1, -0.05) is 164 Å². The molecular formula is C56H35N3O. The maximum atomic E-state index is 6.14. The average Bonchev–Trinajstić information content (AvgIpc) is 3.87. The Balaban J connectivity index is 1.05. The van der Waals surface area contributed by atoms with E-state index in [1.54, 1.807) is 0 Å². The Morgan fingerprint density at radius 1 is 0.333 bits per heavy atom. The highest BCUT2D eigenvalue weighted by Gasteiger charge is 2.21. The van der Waals surface area contributed by atoms with Crippen molar-refractivity contribution in [3.63, 3.8) is 0 Å². The van der Waals surface area contributed by atoms with Gasteiger partial charge in [0, 0.05) is 38.1 Å². The lowest BCUT2D eigenvalue weighted by molar-refractivity contribution is 0.669. The molecule has 0 saturated heterocycles. The summed E-state index contributed by atoms with van der Waals surface area (Å²) in [6.07, 6.45) is 0. The van der Waals surface area contributed by atoms with Crippen molar-refractivity contribution in [2.75, 3.05) is 0 Å². The van der Waals surface area contributed by atoms with Crippen LogP contribution in [0.3, 0.4) is 0 Å². The normalized spacial score (nSPS) is 11.7. The number of furan rings is 1. The van der Waals surface area contributed by atoms with E-state index < -0.39 is 0 Å². The predicted octanol–water partition coefficient (Wildman–Crippen LogP) is 15.0. The molecule has 0 N–H and O–H groups in total. The molecule has 12 rings (SSSR count). The Kier molecular flexibility index (Phi) is 7.82. The summed E-state index contributed by atoms with van der Waals surface area (Å²) in [7, 11) is 0. The van der Waals surface area contributed by atoms with E-state index in [2.05, 4.69) is 199 Å². The Morgan fingerprint density at radius 2 is 0.883 bits per heavy atom. The summed E-state index contributed by atoms with van der Waals surface area (Å²) in [4.78, 5) is 10.7. The van der Waals surface area contributed by atoms with E-state index in [9.17, 15) is 0 Å². The minimum Gasteiger partial charge on any atom is -0.456 e. The van der Waals surface area contributed by atoms with E-state index in [1.165, 1.54) is 11.1 Å². The number of para-hydroxylation sites is 3. The van der Waals surface area contributed by atoms with E-state index in [4.69, 9.17) is 14.4 Å². The first-order valence-electron chi connectivity index (χ1n) is 20.3. The van der Waals surface area contributed by atoms with Gasteiger partial charge in [0.15, 0.2) is 0 Å². The van der Waals surface area contributed by atoms with Gasteiger partial charge in [0.25, 0.3) is 0 Å². The number of aromatic nitrogens is 3. The van der Waals surface area contributed by atoms with Crippen LogP contribution in [0.4, 0.5) is 0 Å². The zero-order valence-corrected chi connectivity index (χ0v) is 32.5. The molecule has 12 aromatic rings. The molecule has 0 radical (unpaired) electrons. The Bertz CT molecular complexity index is 3600. The number of hydrogen-bond acceptors (Lipinski definition) is 3. The van der Waals surface area contributed by atoms with Gasteiger partial charge in [-0.3, -0.25) is 4.57 Å². The summed E-state index contributed by atoms with van der Waals surface area (Å²) >= 11 is 0. The molecule has 3 aromatic heterocycles. The number of fused-ring (bicyclic) bond motifs is 7. The van der Waals surface area contributed by atoms with Crippen molar-refractivity contribution in [2.24, 2.45) is 0 Å². The maximum Gasteiger partial charge on any atom is 0.235 e. The fraction of sp³-hybridized carbons (Fsp3) is 0. The van der Waals surface area contributed by atoms with E-state index in [-0.39, 0.29) is 0 Å². The summed E-state index contributed by atoms with van der Waals surface area (Å²) in [5, 5.41) is 5.57. The van der Waals surface area contributed by atoms with Crippen LogP contribution < -0.4 is 0 Å². The van der Waals surface area contributed by atoms with Gasteiger partial charge in [-0.2, -0.15) is 0 Å². The van der Waals surface area contributed by atoms with Gasteiger partial charge in [-0.05, 0) is 87.5 Å². The first-order valence-corrected chi connectivity index (χ1v) is 20.3. The van der Waals surface area contributed by atoms with Crippen LogP contribution in [0.5, 0.6) is 0 Å². The van der Waals surface area contributed by atoms with Crippen LogP contribution in [0.2, 0.25) is 0 Å². The predicted molar refractivity (Wildman–Crippen MR) is 248 cm³/mol. The first-order chi connectivity index (χ1) is 29.7. The number of hydrogen-bond donors (Lipinski definition) is 0. The van der Waals surface area contributed by atoms with Crippen molar-refractivity contribution in [2.45, 2.75) is 0 Å². The second kappa shape index (κ2) is 13.8. The topological polar surface area (TPSA) is 43.9 Å². The van der Waals surface area contributed by atoms with Crippen LogP contribution in [-0.4, -0.2) is 14.5 Å². The van der Waals surface area contributed by atoms with E-state index in [1.807, 2.05) is 18.2 Å². The lowest BCUT2D eigenvalue weighted by Crippen LogP contribution is -2.04. The second-order valence-electron chi connectivity index (χ2n) is 15.4. The molecule has 0 fully saturated rings. The zero-order valence-electron chi connectivity index (χ0n) is 32.5. The summed E-state index contributed by atoms with van der Waals surface area (Å²) in [5.74, 6) is 0.638. The molecule has 0 unspecified atom stereocenters. The van der Waals surface area contributed by atoms with Gasteiger partial charge < -0.3 is 4.42 Å². The average molecular weight is 766 g/mol. The molecule has 0 saturated carbocycles. The quantitative estimate of drug-likeness (QED) is 0.169. The number of rotatable bonds is 6. The molecule has 0 aliphatic carbocycles. The fourth-order valence-corrected chi connectivity index (χ4v) is 8.95. The fourth-order valence-electron chi connectivity index (χ4n) is 8.95. The Hall–Kier alpha value is -8.08. The molecule has 0 bridgehead atoms. The van der Waals surface area contributed by atoms with Gasteiger partial charge in [0.2, 0.25) is 5.95 Å². The van der Waals surface area contributed by atoms with E-state index in [0.717, 1.165) is 99.3 Å². The number of benzene rings is 9. The molecule has 3 heterocycles. The summed E-state index contributed by atoms with van der Waals surface area (Å²) in [6.45, 7) is 0. The second-order valence-corrected chi connectivity index (χ2v) is 15.4. The monoisotopic (exact) mass is 765 g/mol. The molecule has 60 heavy (non-hydrogen) atoms. The molecule has 4 nitrogen and oxygen atoms in total. The SMILES string of the molecule is c1ccc(-c2ccc3c(c2)c2cccc(-c4cccc(-c5cccc(-c6ccc7oc8ccccc8c7c6)c5)c4)c2n3-c2nc(-c3ccccc3)c3ccccc3n2)cc1. The van der Waals surface area contributed by atoms with Gasteiger partial charge in [-0.15, -0.1) is 0 Å². The minimum atomic E-state index is 0.638. The highest BCUT2D eigenvalue weighted by atomic mass is 16.3. The van der Waals surface area contributed by atoms with Crippen LogP contribution in [0, 0.1) is 0 Å². The molecule has 0 atom stereocenters. The standard InChI is InChI=1S/C56H35N3O/c1-3-14-36(15-4-1)41-28-30-51-48(34-41)46-25-13-24-44(55(46)59(51)56-57-50-26-9-7-23-47(50)54(58-56)37-16-5-2-6-17-37)43-21-12-20-40(33-43)38-18-11-19-39(32-38)42-29-31-53-49(35-42)45-22-8-10-27-52(45)60-53/h1-35H. The van der Waals surface area contributed by atoms with Crippen LogP contribution in [0.25, 0.3) is 116 Å². The van der Waals surface area contributed by atoms with Crippen LogP contribution >= 0.6 is 0 Å². The van der Waals surface area contributed by atoms with Crippen LogP contribution in [-0.2, 0) is 0 Å². The van der Waals surface area contributed by atoms with Gasteiger partial charge in [0.05, 0.1) is 22.2 Å². The Labute approximate surface area is 346 Å². The molecule has 0 aliphatic heterocycles. The third kappa shape index (κ3) is 5.61. The van der Waals surface area contributed by atoms with Gasteiger partial charge in [0.1, 0.15) is 11.2 Å². The van der Waals surface area contributed by atoms with E-state index in [0.29, 0.717) is 5.95 Å². The third-order valence-electron chi connectivity index (χ3n) is 11.8. The smallest absolute Gasteiger partial charge is 0.235 e. The van der Waals surface area contributed by atoms with Crippen molar-refractivity contribution in [3.05, 3.63) is 212 Å². The van der Waals surface area contributed by atoms with Crippen molar-refractivity contribution < 1.29 is 4.42 Å². The summed E-state index contributed by atoms with van der Waals surface area (Å²) in [6, 6.07) is 75.2. The largest absolute Gasteiger partial charge is 0.456 e. The van der Waals surface area contributed by atoms with Crippen molar-refractivity contribution in [1.82, 2.24) is 14.5 Å². The molecule has 0 amide bonds. The zero-order chi connectivity index (χ0) is 39.6. The molecule has 0 aliphatic rings. The van der Waals surface area contributed by atoms with Crippen molar-refractivity contribution in [3.8, 4) is 61.7 Å². The van der Waals surface area contributed by atoms with Crippen molar-refractivity contribution in [1.29, 1.82) is 0 Å². The summed E-state index contributed by atoms with van der Waals surface area (Å²) in [5.41, 5.74) is 16.0. The lowest BCUT2D eigenvalue weighted by Gasteiger charge is -2.14. The van der Waals surface area contributed by atoms with Crippen LogP contribution in [0.15, 0.2) is 217 Å². The maximum absolute atomic E-state index is 6.14. The molecule has 9 aromatic carbocycles. The van der Waals surface area contributed by atoms with Crippen LogP contribution in [0.1, 0.15) is 0 Å². The third-order valence-corrected chi connectivity index (χ3v) is 11.8. The molecular weight excluding hydrogens is 731 g/mol. The minimum absolute atomic E-state index is 0.638. The van der Waals surface area contributed by atoms with E-state index >= 15 is 0 Å². The molecule has 4 heteroatoms. The highest BCUT2D eigenvalue weighted by molar-refractivity contribution is 6.15. The molecule has 0 spiro atoms. The molecule has 280 valence electrons. The lowest BCUT2D eigenvalue weighted by atomic mass is 9.95. The van der Waals surface area contributed by atoms with Gasteiger partial charge >= 0.3 is 0 Å². The Morgan fingerprint density at radius 3 is 1.68 bits per heavy atom. The highest BCUT2D eigenvalue weighted by Crippen LogP contribution is 2.41. The summed E-state index contributed by atoms with van der Waals surface area (Å²) < 4.78 is 8.41. The van der Waals surface area contributed by atoms with Crippen molar-refractivity contribution >= 4 is 54.6 Å². The first kappa shape index (κ1) is 34.0. The van der Waals surface area contributed by atoms with Gasteiger partial charge in [-0.25, -0.2) is 9.97 Å².